The fourth-order valence-electron chi connectivity index (χ4n) is 1.26. The molecule has 12 heteroatoms. The summed E-state index contributed by atoms with van der Waals surface area (Å²) in [5.41, 5.74) is -0.601. The first-order chi connectivity index (χ1) is 10.5. The first kappa shape index (κ1) is 30.5. The predicted octanol–water partition coefficient (Wildman–Crippen LogP) is -0.587. The Morgan fingerprint density at radius 1 is 1.00 bits per heavy atom. The van der Waals surface area contributed by atoms with Crippen molar-refractivity contribution < 1.29 is 54.3 Å². The summed E-state index contributed by atoms with van der Waals surface area (Å²) in [6, 6.07) is 0. The minimum atomic E-state index is -1.26. The maximum absolute atomic E-state index is 9.38. The first-order valence-corrected chi connectivity index (χ1v) is 10.6. The van der Waals surface area contributed by atoms with E-state index in [1.807, 2.05) is 0 Å². The van der Waals surface area contributed by atoms with E-state index in [1.165, 1.54) is 11.8 Å². The summed E-state index contributed by atoms with van der Waals surface area (Å²) in [4.78, 5) is 0. The molecule has 0 aromatic carbocycles. The van der Waals surface area contributed by atoms with Crippen molar-refractivity contribution in [2.45, 2.75) is 29.9 Å². The quantitative estimate of drug-likeness (QED) is 0.243. The molecule has 0 radical (unpaired) electrons. The molecule has 130 valence electrons. The topological polar surface area (TPSA) is 150 Å². The Kier molecular flexibility index (Phi) is 33.0. The van der Waals surface area contributed by atoms with E-state index in [-0.39, 0.29) is 21.8 Å². The van der Waals surface area contributed by atoms with Crippen LogP contribution < -0.4 is 0 Å². The Morgan fingerprint density at radius 2 is 1.36 bits per heavy atom. The molecule has 4 N–H and O–H groups in total. The number of thioether (sulfide) groups is 1. The number of aliphatic hydroxyl groups excluding tert-OH is 4. The van der Waals surface area contributed by atoms with Gasteiger partial charge in [0.2, 0.25) is 0 Å². The number of hydrogen-bond donors (Lipinski definition) is 4. The molecule has 5 atom stereocenters. The van der Waals surface area contributed by atoms with E-state index in [1.54, 1.807) is 6.26 Å². The zero-order valence-electron chi connectivity index (χ0n) is 11.0. The molecule has 0 unspecified atom stereocenters. The molecule has 1 rings (SSSR count). The molecule has 0 amide bonds. The van der Waals surface area contributed by atoms with Gasteiger partial charge in [0.25, 0.3) is 0 Å². The monoisotopic (exact) mass is 466 g/mol. The van der Waals surface area contributed by atoms with Crippen LogP contribution in [0.25, 0.3) is 0 Å². The van der Waals surface area contributed by atoms with E-state index in [4.69, 9.17) is 43.2 Å². The molecule has 1 heterocycles. The molecule has 0 saturated carbocycles. The Labute approximate surface area is 148 Å². The van der Waals surface area contributed by atoms with Gasteiger partial charge in [0.15, 0.2) is 0 Å². The molecule has 1 aliphatic heterocycles. The van der Waals surface area contributed by atoms with Gasteiger partial charge in [-0.15, -0.1) is 11.8 Å². The van der Waals surface area contributed by atoms with Crippen molar-refractivity contribution >= 4 is 31.1 Å². The molecule has 22 heavy (non-hydrogen) atoms. The van der Waals surface area contributed by atoms with Gasteiger partial charge in [0.05, 0.1) is 6.61 Å². The molecular formula is C10H14Cl2O8RuS. The zero-order valence-corrected chi connectivity index (χ0v) is 15.1. The summed E-state index contributed by atoms with van der Waals surface area (Å²) in [5.74, 6) is 0. The third kappa shape index (κ3) is 13.1. The van der Waals surface area contributed by atoms with Crippen molar-refractivity contribution in [3.63, 3.8) is 0 Å². The number of halogens is 2. The van der Waals surface area contributed by atoms with Gasteiger partial charge in [-0.2, -0.15) is 0 Å². The molecule has 1 aliphatic rings. The third-order valence-electron chi connectivity index (χ3n) is 2.08. The van der Waals surface area contributed by atoms with Gasteiger partial charge in [0.1, 0.15) is 29.9 Å². The molecule has 0 aliphatic carbocycles. The van der Waals surface area contributed by atoms with Crippen LogP contribution in [0.1, 0.15) is 0 Å². The van der Waals surface area contributed by atoms with Gasteiger partial charge in [-0.1, -0.05) is 0 Å². The summed E-state index contributed by atoms with van der Waals surface area (Å²) in [6.07, 6.45) is -2.72. The van der Waals surface area contributed by atoms with Gasteiger partial charge in [-0.05, 0) is 6.26 Å². The SMILES string of the molecule is CS[C@@H]1O[C@H](CO)[C@H](O)[C@H](O)[C@H]1O.[C-]#[O+].[C-]#[O+].[C-]#[O+].[Cl][Ru][Cl]. The van der Waals surface area contributed by atoms with Crippen LogP contribution in [0.15, 0.2) is 0 Å². The van der Waals surface area contributed by atoms with Crippen molar-refractivity contribution in [2.75, 3.05) is 12.9 Å². The average molecular weight is 466 g/mol. The van der Waals surface area contributed by atoms with E-state index < -0.39 is 29.9 Å². The summed E-state index contributed by atoms with van der Waals surface area (Å²) in [6.45, 7) is 13.1. The van der Waals surface area contributed by atoms with Gasteiger partial charge in [0, 0.05) is 0 Å². The minimum absolute atomic E-state index is 0.346. The summed E-state index contributed by atoms with van der Waals surface area (Å²) in [7, 11) is 9.71. The number of hydrogen-bond acceptors (Lipinski definition) is 6. The van der Waals surface area contributed by atoms with Gasteiger partial charge >= 0.3 is 68.4 Å². The molecule has 0 aromatic heterocycles. The normalized spacial score (nSPS) is 28.7. The number of ether oxygens (including phenoxy) is 1. The van der Waals surface area contributed by atoms with E-state index >= 15 is 0 Å². The third-order valence-corrected chi connectivity index (χ3v) is 2.94. The summed E-state index contributed by atoms with van der Waals surface area (Å²) < 4.78 is 27.6. The van der Waals surface area contributed by atoms with Crippen molar-refractivity contribution in [3.05, 3.63) is 20.0 Å². The maximum atomic E-state index is 9.38. The summed E-state index contributed by atoms with van der Waals surface area (Å²) in [5, 5.41) is 36.8. The van der Waals surface area contributed by atoms with Gasteiger partial charge in [-0.3, -0.25) is 0 Å². The standard InChI is InChI=1S/C7H14O5S.3CO.2ClH.Ru/c1-13-7-6(11)5(10)4(9)3(2-8)12-7;3*1-2;;;/h3-11H,2H2,1H3;;;;2*1H;/q;;;;;;+2/p-2/t3-,4+,5+,6-,7+;;;;;;/m1....../s1. The molecule has 0 bridgehead atoms. The van der Waals surface area contributed by atoms with Crippen molar-refractivity contribution in [1.82, 2.24) is 0 Å². The van der Waals surface area contributed by atoms with Crippen LogP contribution in [-0.4, -0.2) is 63.1 Å². The Balaban J connectivity index is -0.000000153. The van der Waals surface area contributed by atoms with Crippen LogP contribution in [0.4, 0.5) is 0 Å². The molecular weight excluding hydrogens is 452 g/mol. The van der Waals surface area contributed by atoms with E-state index in [2.05, 4.69) is 20.0 Å². The van der Waals surface area contributed by atoms with Crippen molar-refractivity contribution in [3.8, 4) is 0 Å². The second-order valence-corrected chi connectivity index (χ2v) is 6.56. The zero-order chi connectivity index (χ0) is 18.7. The molecule has 1 fully saturated rings. The first-order valence-electron chi connectivity index (χ1n) is 4.83. The van der Waals surface area contributed by atoms with Crippen LogP contribution in [0, 0.1) is 20.0 Å². The fourth-order valence-corrected chi connectivity index (χ4v) is 1.96. The Hall–Kier alpha value is 0.573. The fraction of sp³-hybridized carbons (Fsp3) is 0.700. The number of aliphatic hydroxyl groups is 4. The molecule has 0 spiro atoms. The van der Waals surface area contributed by atoms with E-state index in [9.17, 15) is 15.3 Å². The van der Waals surface area contributed by atoms with Crippen molar-refractivity contribution in [1.29, 1.82) is 0 Å². The van der Waals surface area contributed by atoms with Crippen LogP contribution in [-0.2, 0) is 33.8 Å². The molecule has 0 aromatic rings. The van der Waals surface area contributed by atoms with Gasteiger partial charge in [-0.25, -0.2) is 0 Å². The van der Waals surface area contributed by atoms with Crippen LogP contribution in [0.5, 0.6) is 0 Å². The second-order valence-electron chi connectivity index (χ2n) is 2.98. The van der Waals surface area contributed by atoms with E-state index in [0.29, 0.717) is 0 Å². The molecule has 1 saturated heterocycles. The number of rotatable bonds is 2. The predicted molar refractivity (Wildman–Crippen MR) is 70.8 cm³/mol. The second kappa shape index (κ2) is 23.8. The van der Waals surface area contributed by atoms with Crippen LogP contribution in [0.2, 0.25) is 0 Å². The van der Waals surface area contributed by atoms with E-state index in [0.717, 1.165) is 0 Å². The Bertz CT molecular complexity index is 260. The van der Waals surface area contributed by atoms with Crippen molar-refractivity contribution in [2.24, 2.45) is 0 Å². The molecule has 8 nitrogen and oxygen atoms in total. The van der Waals surface area contributed by atoms with Crippen LogP contribution in [0.3, 0.4) is 0 Å². The summed E-state index contributed by atoms with van der Waals surface area (Å²) >= 11 is 0.879. The van der Waals surface area contributed by atoms with Crippen LogP contribution >= 0.6 is 31.1 Å². The van der Waals surface area contributed by atoms with Gasteiger partial charge < -0.3 is 25.2 Å². The average Bonchev–Trinajstić information content (AvgIpc) is 2.59. The Morgan fingerprint density at radius 3 is 1.64 bits per heavy atom.